The SMILES string of the molecule is COc1cc(C)cc(-c2nn(CC#N)cc2-c2cc(NCCCO)nc(-c3cccnc3)n2)c1. The third kappa shape index (κ3) is 5.19. The number of methoxy groups -OCH3 is 1. The molecule has 0 radical (unpaired) electrons. The lowest BCUT2D eigenvalue weighted by atomic mass is 10.0. The van der Waals surface area contributed by atoms with Gasteiger partial charge in [0.2, 0.25) is 0 Å². The average molecular weight is 456 g/mol. The number of hydrogen-bond acceptors (Lipinski definition) is 8. The van der Waals surface area contributed by atoms with Crippen LogP contribution >= 0.6 is 0 Å². The molecule has 0 saturated heterocycles. The first-order chi connectivity index (χ1) is 16.6. The number of nitrogens with zero attached hydrogens (tertiary/aromatic N) is 6. The quantitative estimate of drug-likeness (QED) is 0.366. The number of hydrogen-bond donors (Lipinski definition) is 2. The maximum Gasteiger partial charge on any atom is 0.163 e. The molecule has 1 aromatic carbocycles. The fourth-order valence-corrected chi connectivity index (χ4v) is 3.57. The molecule has 34 heavy (non-hydrogen) atoms. The van der Waals surface area contributed by atoms with Gasteiger partial charge >= 0.3 is 0 Å². The van der Waals surface area contributed by atoms with Crippen LogP contribution in [0.25, 0.3) is 33.9 Å². The van der Waals surface area contributed by atoms with Gasteiger partial charge in [-0.3, -0.25) is 9.67 Å². The first-order valence-electron chi connectivity index (χ1n) is 10.9. The molecule has 2 N–H and O–H groups in total. The highest BCUT2D eigenvalue weighted by Gasteiger charge is 2.18. The van der Waals surface area contributed by atoms with Crippen molar-refractivity contribution in [3.05, 3.63) is 60.6 Å². The van der Waals surface area contributed by atoms with Crippen molar-refractivity contribution in [1.29, 1.82) is 5.26 Å². The van der Waals surface area contributed by atoms with Crippen LogP contribution in [0.1, 0.15) is 12.0 Å². The molecule has 0 aliphatic heterocycles. The molecule has 0 amide bonds. The number of nitriles is 1. The Labute approximate surface area is 197 Å². The summed E-state index contributed by atoms with van der Waals surface area (Å²) in [5.74, 6) is 1.86. The van der Waals surface area contributed by atoms with Gasteiger partial charge in [-0.15, -0.1) is 0 Å². The molecule has 9 nitrogen and oxygen atoms in total. The highest BCUT2D eigenvalue weighted by molar-refractivity contribution is 5.81. The zero-order valence-electron chi connectivity index (χ0n) is 19.1. The van der Waals surface area contributed by atoms with Crippen molar-refractivity contribution in [2.24, 2.45) is 0 Å². The molecule has 0 aliphatic carbocycles. The van der Waals surface area contributed by atoms with Gasteiger partial charge in [0.15, 0.2) is 5.82 Å². The van der Waals surface area contributed by atoms with E-state index in [1.54, 1.807) is 24.2 Å². The summed E-state index contributed by atoms with van der Waals surface area (Å²) in [5, 5.41) is 26.3. The molecule has 0 aliphatic rings. The molecule has 0 atom stereocenters. The van der Waals surface area contributed by atoms with Gasteiger partial charge in [0, 0.05) is 54.5 Å². The maximum atomic E-state index is 9.25. The van der Waals surface area contributed by atoms with E-state index in [4.69, 9.17) is 14.8 Å². The number of aromatic nitrogens is 5. The van der Waals surface area contributed by atoms with Crippen LogP contribution in [0.4, 0.5) is 5.82 Å². The molecule has 3 heterocycles. The number of pyridine rings is 1. The minimum absolute atomic E-state index is 0.0840. The lowest BCUT2D eigenvalue weighted by Crippen LogP contribution is -2.07. The average Bonchev–Trinajstić information content (AvgIpc) is 3.28. The summed E-state index contributed by atoms with van der Waals surface area (Å²) >= 11 is 0. The van der Waals surface area contributed by atoms with Gasteiger partial charge in [-0.05, 0) is 49.2 Å². The minimum Gasteiger partial charge on any atom is -0.497 e. The van der Waals surface area contributed by atoms with Gasteiger partial charge in [0.1, 0.15) is 23.8 Å². The van der Waals surface area contributed by atoms with E-state index in [2.05, 4.69) is 26.5 Å². The molecule has 9 heteroatoms. The van der Waals surface area contributed by atoms with Crippen molar-refractivity contribution in [2.45, 2.75) is 19.9 Å². The number of ether oxygens (including phenoxy) is 1. The van der Waals surface area contributed by atoms with E-state index >= 15 is 0 Å². The summed E-state index contributed by atoms with van der Waals surface area (Å²) in [4.78, 5) is 13.7. The molecule has 0 spiro atoms. The predicted octanol–water partition coefficient (Wildman–Crippen LogP) is 3.70. The van der Waals surface area contributed by atoms with E-state index in [-0.39, 0.29) is 13.2 Å². The topological polar surface area (TPSA) is 122 Å². The van der Waals surface area contributed by atoms with Crippen LogP contribution < -0.4 is 10.1 Å². The van der Waals surface area contributed by atoms with Crippen molar-refractivity contribution < 1.29 is 9.84 Å². The smallest absolute Gasteiger partial charge is 0.163 e. The molecule has 172 valence electrons. The number of aryl methyl sites for hydroxylation is 1. The van der Waals surface area contributed by atoms with Crippen molar-refractivity contribution in [3.8, 4) is 45.7 Å². The number of rotatable bonds is 9. The highest BCUT2D eigenvalue weighted by Crippen LogP contribution is 2.34. The largest absolute Gasteiger partial charge is 0.497 e. The van der Waals surface area contributed by atoms with Crippen LogP contribution in [-0.2, 0) is 6.54 Å². The van der Waals surface area contributed by atoms with Gasteiger partial charge in [0.05, 0.1) is 18.9 Å². The Morgan fingerprint density at radius 3 is 2.79 bits per heavy atom. The lowest BCUT2D eigenvalue weighted by Gasteiger charge is -2.11. The van der Waals surface area contributed by atoms with Crippen molar-refractivity contribution in [2.75, 3.05) is 25.6 Å². The van der Waals surface area contributed by atoms with Crippen LogP contribution in [-0.4, -0.2) is 50.1 Å². The third-order valence-corrected chi connectivity index (χ3v) is 5.12. The van der Waals surface area contributed by atoms with E-state index in [1.807, 2.05) is 49.5 Å². The first-order valence-corrected chi connectivity index (χ1v) is 10.9. The fourth-order valence-electron chi connectivity index (χ4n) is 3.57. The van der Waals surface area contributed by atoms with Crippen molar-refractivity contribution >= 4 is 5.82 Å². The van der Waals surface area contributed by atoms with Gasteiger partial charge < -0.3 is 15.2 Å². The number of aliphatic hydroxyl groups is 1. The molecular formula is C25H25N7O2. The normalized spacial score (nSPS) is 10.6. The Bertz CT molecular complexity index is 1310. The van der Waals surface area contributed by atoms with Crippen LogP contribution in [0.2, 0.25) is 0 Å². The molecule has 0 bridgehead atoms. The first kappa shape index (κ1) is 22.9. The molecule has 0 unspecified atom stereocenters. The van der Waals surface area contributed by atoms with E-state index in [0.29, 0.717) is 36.0 Å². The molecular weight excluding hydrogens is 430 g/mol. The van der Waals surface area contributed by atoms with Crippen molar-refractivity contribution in [1.82, 2.24) is 24.7 Å². The Morgan fingerprint density at radius 1 is 1.18 bits per heavy atom. The summed E-state index contributed by atoms with van der Waals surface area (Å²) in [7, 11) is 1.63. The Kier molecular flexibility index (Phi) is 7.10. The van der Waals surface area contributed by atoms with Gasteiger partial charge in [-0.2, -0.15) is 10.4 Å². The van der Waals surface area contributed by atoms with Crippen molar-refractivity contribution in [3.63, 3.8) is 0 Å². The van der Waals surface area contributed by atoms with Gasteiger partial charge in [-0.25, -0.2) is 9.97 Å². The highest BCUT2D eigenvalue weighted by atomic mass is 16.5. The number of benzene rings is 1. The summed E-state index contributed by atoms with van der Waals surface area (Å²) in [6.45, 7) is 2.75. The van der Waals surface area contributed by atoms with Crippen LogP contribution in [0, 0.1) is 18.3 Å². The monoisotopic (exact) mass is 455 g/mol. The molecule has 0 saturated carbocycles. The Hall–Kier alpha value is -4.29. The standard InChI is InChI=1S/C25H25N7O2/c1-17-11-19(13-20(12-17)34-2)24-21(16-32(31-24)9-6-26)22-14-23(28-8-4-10-33)30-25(29-22)18-5-3-7-27-15-18/h3,5,7,11-16,33H,4,8-10H2,1-2H3,(H,28,29,30). The predicted molar refractivity (Wildman–Crippen MR) is 129 cm³/mol. The summed E-state index contributed by atoms with van der Waals surface area (Å²) in [6.07, 6.45) is 5.82. The second kappa shape index (κ2) is 10.6. The Morgan fingerprint density at radius 2 is 2.06 bits per heavy atom. The second-order valence-corrected chi connectivity index (χ2v) is 7.69. The number of anilines is 1. The van der Waals surface area contributed by atoms with Crippen LogP contribution in [0.5, 0.6) is 5.75 Å². The third-order valence-electron chi connectivity index (χ3n) is 5.12. The zero-order valence-corrected chi connectivity index (χ0v) is 19.1. The lowest BCUT2D eigenvalue weighted by molar-refractivity contribution is 0.292. The maximum absolute atomic E-state index is 9.25. The van der Waals surface area contributed by atoms with Crippen LogP contribution in [0.15, 0.2) is 55.0 Å². The van der Waals surface area contributed by atoms with E-state index < -0.39 is 0 Å². The van der Waals surface area contributed by atoms with Crippen LogP contribution in [0.3, 0.4) is 0 Å². The molecule has 0 fully saturated rings. The minimum atomic E-state index is 0.0840. The van der Waals surface area contributed by atoms with E-state index in [0.717, 1.165) is 28.0 Å². The summed E-state index contributed by atoms with van der Waals surface area (Å²) in [6, 6.07) is 13.6. The number of nitrogens with one attached hydrogen (secondary N) is 1. The van der Waals surface area contributed by atoms with E-state index in [1.165, 1.54) is 0 Å². The number of aliphatic hydroxyl groups excluding tert-OH is 1. The summed E-state index contributed by atoms with van der Waals surface area (Å²) < 4.78 is 7.06. The fraction of sp³-hybridized carbons (Fsp3) is 0.240. The van der Waals surface area contributed by atoms with Gasteiger partial charge in [-0.1, -0.05) is 0 Å². The Balaban J connectivity index is 1.88. The van der Waals surface area contributed by atoms with Gasteiger partial charge in [0.25, 0.3) is 0 Å². The molecule has 4 rings (SSSR count). The zero-order chi connectivity index (χ0) is 23.9. The molecule has 4 aromatic rings. The molecule has 3 aromatic heterocycles. The summed E-state index contributed by atoms with van der Waals surface area (Å²) in [5.41, 5.74) is 4.77. The van der Waals surface area contributed by atoms with E-state index in [9.17, 15) is 5.26 Å². The second-order valence-electron chi connectivity index (χ2n) is 7.69.